The molecule has 0 bridgehead atoms. The largest absolute Gasteiger partial charge is 0.479 e. The first kappa shape index (κ1) is 17.5. The average molecular weight is 283 g/mol. The summed E-state index contributed by atoms with van der Waals surface area (Å²) in [5, 5.41) is 8.96. The van der Waals surface area contributed by atoms with E-state index in [2.05, 4.69) is 11.9 Å². The van der Waals surface area contributed by atoms with Crippen LogP contribution in [-0.2, 0) is 4.74 Å². The maximum atomic E-state index is 8.96. The highest BCUT2D eigenvalue weighted by atomic mass is 16.5. The van der Waals surface area contributed by atoms with Gasteiger partial charge in [-0.05, 0) is 6.42 Å². The van der Waals surface area contributed by atoms with Crippen LogP contribution in [0.15, 0.2) is 4.99 Å². The normalized spacial score (nSPS) is 18.1. The number of rotatable bonds is 13. The predicted octanol–water partition coefficient (Wildman–Crippen LogP) is 4.48. The quantitative estimate of drug-likeness (QED) is 0.506. The Morgan fingerprint density at radius 2 is 1.50 bits per heavy atom. The van der Waals surface area contributed by atoms with Crippen LogP contribution in [0.2, 0.25) is 0 Å². The van der Waals surface area contributed by atoms with Gasteiger partial charge in [-0.15, -0.1) is 0 Å². The number of nitrogens with zero attached hydrogens (tertiary/aromatic N) is 1. The van der Waals surface area contributed by atoms with Crippen LogP contribution in [0.4, 0.5) is 0 Å². The molecule has 3 heteroatoms. The lowest BCUT2D eigenvalue weighted by molar-refractivity contribution is 0.226. The van der Waals surface area contributed by atoms with Gasteiger partial charge >= 0.3 is 0 Å². The fourth-order valence-corrected chi connectivity index (χ4v) is 2.64. The molecule has 0 aromatic heterocycles. The Morgan fingerprint density at radius 1 is 0.950 bits per heavy atom. The summed E-state index contributed by atoms with van der Waals surface area (Å²) < 4.78 is 5.44. The number of unbranched alkanes of at least 4 members (excludes halogenated alkanes) is 10. The molecule has 1 rings (SSSR count). The van der Waals surface area contributed by atoms with Crippen molar-refractivity contribution in [3.63, 3.8) is 0 Å². The summed E-state index contributed by atoms with van der Waals surface area (Å²) in [4.78, 5) is 4.33. The van der Waals surface area contributed by atoms with Crippen LogP contribution in [0.25, 0.3) is 0 Å². The van der Waals surface area contributed by atoms with Gasteiger partial charge in [0.2, 0.25) is 0 Å². The van der Waals surface area contributed by atoms with Crippen LogP contribution in [0.5, 0.6) is 0 Å². The molecule has 1 heterocycles. The summed E-state index contributed by atoms with van der Waals surface area (Å²) in [7, 11) is 0. The van der Waals surface area contributed by atoms with E-state index in [1.807, 2.05) is 0 Å². The second kappa shape index (κ2) is 12.2. The second-order valence-corrected chi connectivity index (χ2v) is 5.96. The maximum Gasteiger partial charge on any atom is 0.183 e. The Kier molecular flexibility index (Phi) is 10.7. The number of aliphatic imine (C=N–C) groups is 1. The molecule has 1 N–H and O–H groups in total. The van der Waals surface area contributed by atoms with Crippen molar-refractivity contribution in [2.75, 3.05) is 13.2 Å². The van der Waals surface area contributed by atoms with Gasteiger partial charge in [-0.2, -0.15) is 0 Å². The topological polar surface area (TPSA) is 41.8 Å². The smallest absolute Gasteiger partial charge is 0.183 e. The monoisotopic (exact) mass is 283 g/mol. The molecule has 0 spiro atoms. The number of hydrogen-bond acceptors (Lipinski definition) is 3. The summed E-state index contributed by atoms with van der Waals surface area (Å²) in [6.45, 7) is 2.96. The van der Waals surface area contributed by atoms with Crippen molar-refractivity contribution in [1.29, 1.82) is 0 Å². The molecule has 3 nitrogen and oxygen atoms in total. The van der Waals surface area contributed by atoms with Crippen molar-refractivity contribution < 1.29 is 9.84 Å². The molecule has 1 aliphatic rings. The zero-order chi connectivity index (χ0) is 14.5. The Morgan fingerprint density at radius 3 is 2.00 bits per heavy atom. The van der Waals surface area contributed by atoms with E-state index in [9.17, 15) is 0 Å². The molecule has 0 amide bonds. The maximum absolute atomic E-state index is 8.96. The summed E-state index contributed by atoms with van der Waals surface area (Å²) in [5.74, 6) is 0.861. The molecule has 0 saturated heterocycles. The number of aliphatic hydroxyl groups excluding tert-OH is 1. The lowest BCUT2D eigenvalue weighted by atomic mass is 10.1. The Balaban J connectivity index is 1.79. The lowest BCUT2D eigenvalue weighted by Gasteiger charge is -2.03. The molecule has 1 aliphatic heterocycles. The van der Waals surface area contributed by atoms with E-state index < -0.39 is 0 Å². The zero-order valence-corrected chi connectivity index (χ0v) is 13.3. The summed E-state index contributed by atoms with van der Waals surface area (Å²) in [6, 6.07) is -0.00212. The van der Waals surface area contributed by atoms with Crippen LogP contribution in [-0.4, -0.2) is 30.3 Å². The van der Waals surface area contributed by atoms with E-state index >= 15 is 0 Å². The number of aliphatic hydroxyl groups is 1. The summed E-state index contributed by atoms with van der Waals surface area (Å²) in [5.41, 5.74) is 0. The van der Waals surface area contributed by atoms with Gasteiger partial charge in [0.1, 0.15) is 12.6 Å². The molecule has 118 valence electrons. The van der Waals surface area contributed by atoms with Crippen LogP contribution in [0.3, 0.4) is 0 Å². The van der Waals surface area contributed by atoms with E-state index in [-0.39, 0.29) is 12.6 Å². The SMILES string of the molecule is CCCCCCCCCCCCCC1=NC(CO)CO1. The number of ether oxygens (including phenoxy) is 1. The Hall–Kier alpha value is -0.570. The van der Waals surface area contributed by atoms with Gasteiger partial charge in [-0.3, -0.25) is 0 Å². The van der Waals surface area contributed by atoms with Gasteiger partial charge in [0.25, 0.3) is 0 Å². The van der Waals surface area contributed by atoms with Crippen molar-refractivity contribution in [2.24, 2.45) is 4.99 Å². The molecule has 0 radical (unpaired) electrons. The fourth-order valence-electron chi connectivity index (χ4n) is 2.64. The molecule has 0 aromatic rings. The van der Waals surface area contributed by atoms with E-state index in [4.69, 9.17) is 9.84 Å². The van der Waals surface area contributed by atoms with Gasteiger partial charge in [0.15, 0.2) is 5.90 Å². The fraction of sp³-hybridized carbons (Fsp3) is 0.941. The lowest BCUT2D eigenvalue weighted by Crippen LogP contribution is -2.10. The molecule has 20 heavy (non-hydrogen) atoms. The van der Waals surface area contributed by atoms with Crippen molar-refractivity contribution >= 4 is 5.90 Å². The highest BCUT2D eigenvalue weighted by Gasteiger charge is 2.16. The van der Waals surface area contributed by atoms with E-state index in [1.54, 1.807) is 0 Å². The highest BCUT2D eigenvalue weighted by molar-refractivity contribution is 5.77. The molecule has 0 aromatic carbocycles. The molecule has 0 fully saturated rings. The molecular formula is C17H33NO2. The van der Waals surface area contributed by atoms with Gasteiger partial charge in [-0.25, -0.2) is 4.99 Å². The van der Waals surface area contributed by atoms with Crippen molar-refractivity contribution in [2.45, 2.75) is 90.0 Å². The molecular weight excluding hydrogens is 250 g/mol. The van der Waals surface area contributed by atoms with Crippen molar-refractivity contribution in [1.82, 2.24) is 0 Å². The third-order valence-corrected chi connectivity index (χ3v) is 3.97. The van der Waals surface area contributed by atoms with Gasteiger partial charge in [-0.1, -0.05) is 71.1 Å². The van der Waals surface area contributed by atoms with Crippen LogP contribution in [0.1, 0.15) is 84.0 Å². The minimum absolute atomic E-state index is 0.00212. The van der Waals surface area contributed by atoms with Gasteiger partial charge in [0.05, 0.1) is 6.61 Å². The van der Waals surface area contributed by atoms with Crippen molar-refractivity contribution in [3.8, 4) is 0 Å². The standard InChI is InChI=1S/C17H33NO2/c1-2-3-4-5-6-7-8-9-10-11-12-13-17-18-16(14-19)15-20-17/h16,19H,2-15H2,1H3. The van der Waals surface area contributed by atoms with Gasteiger partial charge in [0, 0.05) is 6.42 Å². The second-order valence-electron chi connectivity index (χ2n) is 5.96. The zero-order valence-electron chi connectivity index (χ0n) is 13.3. The minimum Gasteiger partial charge on any atom is -0.479 e. The minimum atomic E-state index is -0.00212. The van der Waals surface area contributed by atoms with E-state index in [1.165, 1.54) is 70.6 Å². The summed E-state index contributed by atoms with van der Waals surface area (Å²) >= 11 is 0. The third-order valence-electron chi connectivity index (χ3n) is 3.97. The first-order valence-electron chi connectivity index (χ1n) is 8.67. The Labute approximate surface area is 124 Å². The van der Waals surface area contributed by atoms with Gasteiger partial charge < -0.3 is 9.84 Å². The first-order chi connectivity index (χ1) is 9.86. The van der Waals surface area contributed by atoms with E-state index in [0.717, 1.165) is 12.3 Å². The third kappa shape index (κ3) is 8.57. The Bertz CT molecular complexity index is 253. The predicted molar refractivity (Wildman–Crippen MR) is 85.3 cm³/mol. The van der Waals surface area contributed by atoms with Crippen LogP contribution < -0.4 is 0 Å². The van der Waals surface area contributed by atoms with Crippen LogP contribution in [0, 0.1) is 0 Å². The highest BCUT2D eigenvalue weighted by Crippen LogP contribution is 2.14. The molecule has 1 unspecified atom stereocenters. The van der Waals surface area contributed by atoms with Crippen molar-refractivity contribution in [3.05, 3.63) is 0 Å². The van der Waals surface area contributed by atoms with E-state index in [0.29, 0.717) is 6.61 Å². The molecule has 1 atom stereocenters. The molecule has 0 aliphatic carbocycles. The molecule has 0 saturated carbocycles. The number of hydrogen-bond donors (Lipinski definition) is 1. The average Bonchev–Trinajstić information content (AvgIpc) is 2.93. The van der Waals surface area contributed by atoms with Crippen LogP contribution >= 0.6 is 0 Å². The summed E-state index contributed by atoms with van der Waals surface area (Å²) in [6.07, 6.45) is 16.0. The first-order valence-corrected chi connectivity index (χ1v) is 8.67.